The molecule has 162 valence electrons. The molecule has 1 aromatic rings. The molecule has 0 radical (unpaired) electrons. The van der Waals surface area contributed by atoms with Gasteiger partial charge in [0.1, 0.15) is 11.5 Å². The van der Waals surface area contributed by atoms with Crippen LogP contribution in [0.5, 0.6) is 0 Å². The number of hydrogen-bond acceptors (Lipinski definition) is 1. The molecule has 0 aliphatic carbocycles. The average Bonchev–Trinajstić information content (AvgIpc) is 2.67. The van der Waals surface area contributed by atoms with Crippen molar-refractivity contribution >= 4 is 11.6 Å². The largest absolute Gasteiger partial charge is 0.321 e. The lowest BCUT2D eigenvalue weighted by Crippen LogP contribution is -2.14. The highest BCUT2D eigenvalue weighted by atomic mass is 19.1. The highest BCUT2D eigenvalue weighted by Crippen LogP contribution is 2.20. The van der Waals surface area contributed by atoms with E-state index in [4.69, 9.17) is 0 Å². The summed E-state index contributed by atoms with van der Waals surface area (Å²) in [6.07, 6.45) is 21.0. The van der Waals surface area contributed by atoms with Crippen LogP contribution in [0.2, 0.25) is 0 Å². The molecule has 2 nitrogen and oxygen atoms in total. The Bertz CT molecular complexity index is 633. The van der Waals surface area contributed by atoms with Gasteiger partial charge >= 0.3 is 0 Å². The van der Waals surface area contributed by atoms with Crippen molar-refractivity contribution in [2.24, 2.45) is 0 Å². The van der Waals surface area contributed by atoms with Gasteiger partial charge in [0.05, 0.1) is 0 Å². The van der Waals surface area contributed by atoms with E-state index in [9.17, 15) is 18.0 Å². The summed E-state index contributed by atoms with van der Waals surface area (Å²) in [4.78, 5) is 11.8. The van der Waals surface area contributed by atoms with Gasteiger partial charge in [0.25, 0.3) is 0 Å². The van der Waals surface area contributed by atoms with Crippen LogP contribution in [0.4, 0.5) is 18.9 Å². The van der Waals surface area contributed by atoms with Gasteiger partial charge in [-0.1, -0.05) is 63.3 Å². The van der Waals surface area contributed by atoms with E-state index in [1.807, 2.05) is 0 Å². The van der Waals surface area contributed by atoms with Crippen molar-refractivity contribution < 1.29 is 18.0 Å². The van der Waals surface area contributed by atoms with Crippen molar-refractivity contribution in [2.45, 2.75) is 84.0 Å². The standard InChI is InChI=1S/C24H34F3NO/c1-2-3-4-5-6-7-8-9-10-11-12-13-14-15-16-17-23(29)28-24-21(26)18-20(25)19-22(24)27/h6-7,9-10,18-19H,2-5,8,11-17H2,1H3,(H,28,29)/b7-6-,10-9-. The summed E-state index contributed by atoms with van der Waals surface area (Å²) in [5, 5.41) is 2.19. The molecular formula is C24H34F3NO. The molecule has 0 aromatic heterocycles. The molecule has 0 unspecified atom stereocenters. The zero-order valence-electron chi connectivity index (χ0n) is 17.5. The summed E-state index contributed by atoms with van der Waals surface area (Å²) < 4.78 is 39.8. The molecule has 0 saturated heterocycles. The topological polar surface area (TPSA) is 29.1 Å². The van der Waals surface area contributed by atoms with Gasteiger partial charge < -0.3 is 5.32 Å². The molecule has 0 atom stereocenters. The van der Waals surface area contributed by atoms with Crippen LogP contribution in [0.25, 0.3) is 0 Å². The second-order valence-electron chi connectivity index (χ2n) is 7.27. The Kier molecular flexibility index (Phi) is 13.6. The highest BCUT2D eigenvalue weighted by molar-refractivity contribution is 5.90. The third kappa shape index (κ3) is 12.2. The fourth-order valence-corrected chi connectivity index (χ4v) is 2.96. The molecule has 1 N–H and O–H groups in total. The van der Waals surface area contributed by atoms with Crippen molar-refractivity contribution in [1.29, 1.82) is 0 Å². The van der Waals surface area contributed by atoms with E-state index >= 15 is 0 Å². The van der Waals surface area contributed by atoms with Crippen molar-refractivity contribution in [1.82, 2.24) is 0 Å². The number of anilines is 1. The molecule has 1 aromatic carbocycles. The summed E-state index contributed by atoms with van der Waals surface area (Å²) in [5.74, 6) is -3.67. The van der Waals surface area contributed by atoms with E-state index in [1.54, 1.807) is 0 Å². The van der Waals surface area contributed by atoms with Crippen molar-refractivity contribution in [3.63, 3.8) is 0 Å². The van der Waals surface area contributed by atoms with Crippen LogP contribution in [-0.2, 0) is 4.79 Å². The number of carbonyl (C=O) groups is 1. The van der Waals surface area contributed by atoms with Crippen LogP contribution < -0.4 is 5.32 Å². The van der Waals surface area contributed by atoms with Crippen LogP contribution in [0.15, 0.2) is 36.4 Å². The maximum atomic E-state index is 13.5. The average molecular weight is 410 g/mol. The van der Waals surface area contributed by atoms with Crippen LogP contribution in [0.3, 0.4) is 0 Å². The third-order valence-electron chi connectivity index (χ3n) is 4.63. The predicted octanol–water partition coefficient (Wildman–Crippen LogP) is 7.86. The molecule has 29 heavy (non-hydrogen) atoms. The number of rotatable bonds is 15. The summed E-state index contributed by atoms with van der Waals surface area (Å²) in [7, 11) is 0. The number of halogens is 3. The summed E-state index contributed by atoms with van der Waals surface area (Å²) in [6.45, 7) is 2.21. The third-order valence-corrected chi connectivity index (χ3v) is 4.63. The summed E-state index contributed by atoms with van der Waals surface area (Å²) in [5.41, 5.74) is -0.584. The molecule has 0 heterocycles. The summed E-state index contributed by atoms with van der Waals surface area (Å²) in [6, 6.07) is 1.11. The molecule has 1 rings (SSSR count). The number of benzene rings is 1. The SMILES string of the molecule is CCCCC/C=C\C/C=C\CCCCCCCC(=O)Nc1c(F)cc(F)cc1F. The lowest BCUT2D eigenvalue weighted by Gasteiger charge is -2.07. The van der Waals surface area contributed by atoms with Gasteiger partial charge in [-0.05, 0) is 38.5 Å². The van der Waals surface area contributed by atoms with Gasteiger partial charge in [-0.3, -0.25) is 4.79 Å². The Morgan fingerprint density at radius 2 is 1.38 bits per heavy atom. The van der Waals surface area contributed by atoms with Crippen molar-refractivity contribution in [3.8, 4) is 0 Å². The van der Waals surface area contributed by atoms with Gasteiger partial charge in [-0.2, -0.15) is 0 Å². The van der Waals surface area contributed by atoms with Gasteiger partial charge in [-0.25, -0.2) is 13.2 Å². The smallest absolute Gasteiger partial charge is 0.224 e. The number of nitrogens with one attached hydrogen (secondary N) is 1. The lowest BCUT2D eigenvalue weighted by molar-refractivity contribution is -0.116. The van der Waals surface area contributed by atoms with Gasteiger partial charge in [0.15, 0.2) is 11.6 Å². The Balaban J connectivity index is 2.02. The van der Waals surface area contributed by atoms with E-state index < -0.39 is 29.0 Å². The maximum absolute atomic E-state index is 13.5. The van der Waals surface area contributed by atoms with Gasteiger partial charge in [-0.15, -0.1) is 0 Å². The molecule has 0 saturated carbocycles. The maximum Gasteiger partial charge on any atom is 0.224 e. The van der Waals surface area contributed by atoms with E-state index in [1.165, 1.54) is 25.7 Å². The monoisotopic (exact) mass is 409 g/mol. The van der Waals surface area contributed by atoms with Crippen LogP contribution >= 0.6 is 0 Å². The second-order valence-corrected chi connectivity index (χ2v) is 7.27. The molecule has 0 aliphatic heterocycles. The Hall–Kier alpha value is -2.04. The first kappa shape index (κ1) is 25.0. The van der Waals surface area contributed by atoms with Gasteiger partial charge in [0.2, 0.25) is 5.91 Å². The quantitative estimate of drug-likeness (QED) is 0.232. The number of carbonyl (C=O) groups excluding carboxylic acids is 1. The van der Waals surface area contributed by atoms with Crippen LogP contribution in [0.1, 0.15) is 84.0 Å². The molecule has 0 bridgehead atoms. The minimum Gasteiger partial charge on any atom is -0.321 e. The minimum absolute atomic E-state index is 0.195. The number of amides is 1. The molecule has 5 heteroatoms. The molecular weight excluding hydrogens is 375 g/mol. The first-order valence-electron chi connectivity index (χ1n) is 10.8. The van der Waals surface area contributed by atoms with E-state index in [2.05, 4.69) is 36.5 Å². The number of hydrogen-bond donors (Lipinski definition) is 1. The zero-order chi connectivity index (χ0) is 21.3. The first-order valence-corrected chi connectivity index (χ1v) is 10.8. The van der Waals surface area contributed by atoms with Crippen molar-refractivity contribution in [2.75, 3.05) is 5.32 Å². The van der Waals surface area contributed by atoms with Crippen LogP contribution in [0, 0.1) is 17.5 Å². The van der Waals surface area contributed by atoms with E-state index in [-0.39, 0.29) is 6.42 Å². The normalized spacial score (nSPS) is 11.6. The summed E-state index contributed by atoms with van der Waals surface area (Å²) >= 11 is 0. The Labute approximate surface area is 173 Å². The molecule has 0 fully saturated rings. The number of unbranched alkanes of at least 4 members (excludes halogenated alkanes) is 8. The minimum atomic E-state index is -1.10. The molecule has 0 aliphatic rings. The zero-order valence-corrected chi connectivity index (χ0v) is 17.5. The predicted molar refractivity (Wildman–Crippen MR) is 114 cm³/mol. The fourth-order valence-electron chi connectivity index (χ4n) is 2.96. The van der Waals surface area contributed by atoms with Crippen LogP contribution in [-0.4, -0.2) is 5.91 Å². The Morgan fingerprint density at radius 3 is 2.00 bits per heavy atom. The highest BCUT2D eigenvalue weighted by Gasteiger charge is 2.13. The van der Waals surface area contributed by atoms with Crippen molar-refractivity contribution in [3.05, 3.63) is 53.9 Å². The molecule has 1 amide bonds. The first-order chi connectivity index (χ1) is 14.0. The second kappa shape index (κ2) is 15.8. The molecule has 0 spiro atoms. The number of allylic oxidation sites excluding steroid dienone is 4. The van der Waals surface area contributed by atoms with E-state index in [0.29, 0.717) is 18.6 Å². The van der Waals surface area contributed by atoms with Gasteiger partial charge in [0, 0.05) is 18.6 Å². The Morgan fingerprint density at radius 1 is 0.828 bits per heavy atom. The lowest BCUT2D eigenvalue weighted by atomic mass is 10.1. The van der Waals surface area contributed by atoms with E-state index in [0.717, 1.165) is 38.5 Å². The fraction of sp³-hybridized carbons (Fsp3) is 0.542.